The van der Waals surface area contributed by atoms with Crippen LogP contribution in [0, 0.1) is 0 Å². The molecule has 0 saturated heterocycles. The zero-order chi connectivity index (χ0) is 10.1. The van der Waals surface area contributed by atoms with E-state index in [4.69, 9.17) is 0 Å². The lowest BCUT2D eigenvalue weighted by Gasteiger charge is -1.84. The molecule has 2 heteroatoms. The first kappa shape index (κ1) is 11.3. The molecule has 1 aromatic rings. The van der Waals surface area contributed by atoms with E-state index in [0.29, 0.717) is 0 Å². The minimum atomic E-state index is 0.0185. The molecule has 0 fully saturated rings. The van der Waals surface area contributed by atoms with Crippen molar-refractivity contribution < 1.29 is 4.79 Å². The third-order valence-electron chi connectivity index (χ3n) is 1.18. The summed E-state index contributed by atoms with van der Waals surface area (Å²) < 4.78 is 0. The number of allylic oxidation sites excluding steroid dienone is 1. The first-order chi connectivity index (χ1) is 6.20. The van der Waals surface area contributed by atoms with E-state index in [2.05, 4.69) is 18.1 Å². The van der Waals surface area contributed by atoms with Crippen LogP contribution in [0.15, 0.2) is 43.6 Å². The predicted octanol–water partition coefficient (Wildman–Crippen LogP) is 2.49. The number of carbonyl (C=O) groups is 1. The smallest absolute Gasteiger partial charge is 0.152 e. The van der Waals surface area contributed by atoms with E-state index < -0.39 is 0 Å². The molecule has 68 valence electrons. The van der Waals surface area contributed by atoms with E-state index in [1.54, 1.807) is 12.3 Å². The number of rotatable bonds is 2. The summed E-state index contributed by atoms with van der Waals surface area (Å²) in [6.07, 6.45) is 4.75. The summed E-state index contributed by atoms with van der Waals surface area (Å²) >= 11 is 0. The zero-order valence-corrected chi connectivity index (χ0v) is 7.73. The summed E-state index contributed by atoms with van der Waals surface area (Å²) in [6, 6.07) is 5.73. The number of hydrogen-bond donors (Lipinski definition) is 0. The Balaban J connectivity index is 0.000000252. The van der Waals surface area contributed by atoms with Crippen LogP contribution in [-0.4, -0.2) is 10.8 Å². The lowest BCUT2D eigenvalue weighted by Crippen LogP contribution is -1.74. The summed E-state index contributed by atoms with van der Waals surface area (Å²) in [7, 11) is 0. The standard InChI is InChI=1S/C7H7N.C4H6O/c1-2-7-5-3-4-6-8-7;1-3-4(2)5/h2-6H,1H2;3H,1H2,2H3. The topological polar surface area (TPSA) is 30.0 Å². The summed E-state index contributed by atoms with van der Waals surface area (Å²) in [4.78, 5) is 13.7. The Morgan fingerprint density at radius 1 is 1.46 bits per heavy atom. The van der Waals surface area contributed by atoms with Crippen molar-refractivity contribution in [3.63, 3.8) is 0 Å². The lowest BCUT2D eigenvalue weighted by molar-refractivity contribution is -0.112. The van der Waals surface area contributed by atoms with Crippen LogP contribution in [0.25, 0.3) is 6.08 Å². The van der Waals surface area contributed by atoms with Crippen LogP contribution < -0.4 is 0 Å². The summed E-state index contributed by atoms with van der Waals surface area (Å²) in [5, 5.41) is 0. The summed E-state index contributed by atoms with van der Waals surface area (Å²) in [5.74, 6) is 0.0185. The molecule has 0 aliphatic carbocycles. The van der Waals surface area contributed by atoms with Crippen LogP contribution in [-0.2, 0) is 4.79 Å². The van der Waals surface area contributed by atoms with Gasteiger partial charge in [0.25, 0.3) is 0 Å². The zero-order valence-electron chi connectivity index (χ0n) is 7.73. The van der Waals surface area contributed by atoms with E-state index in [0.717, 1.165) is 5.69 Å². The SMILES string of the molecule is C=CC(C)=O.C=Cc1ccccn1. The van der Waals surface area contributed by atoms with Crippen LogP contribution in [0.2, 0.25) is 0 Å². The number of nitrogens with zero attached hydrogens (tertiary/aromatic N) is 1. The second-order valence-electron chi connectivity index (χ2n) is 2.27. The fourth-order valence-corrected chi connectivity index (χ4v) is 0.497. The van der Waals surface area contributed by atoms with Crippen molar-refractivity contribution in [2.75, 3.05) is 0 Å². The molecule has 0 atom stereocenters. The van der Waals surface area contributed by atoms with Crippen molar-refractivity contribution in [1.29, 1.82) is 0 Å². The van der Waals surface area contributed by atoms with E-state index in [-0.39, 0.29) is 5.78 Å². The summed E-state index contributed by atoms with van der Waals surface area (Å²) in [6.45, 7) is 8.24. The van der Waals surface area contributed by atoms with Gasteiger partial charge in [0.05, 0.1) is 5.69 Å². The first-order valence-corrected chi connectivity index (χ1v) is 3.87. The number of ketones is 1. The van der Waals surface area contributed by atoms with Crippen molar-refractivity contribution in [2.45, 2.75) is 6.92 Å². The molecular formula is C11H13NO. The number of aromatic nitrogens is 1. The van der Waals surface area contributed by atoms with Gasteiger partial charge in [-0.2, -0.15) is 0 Å². The van der Waals surface area contributed by atoms with Crippen molar-refractivity contribution >= 4 is 11.9 Å². The molecule has 0 aliphatic rings. The van der Waals surface area contributed by atoms with Gasteiger partial charge in [-0.05, 0) is 31.2 Å². The van der Waals surface area contributed by atoms with Gasteiger partial charge in [-0.25, -0.2) is 0 Å². The molecule has 0 amide bonds. The van der Waals surface area contributed by atoms with Gasteiger partial charge < -0.3 is 0 Å². The molecule has 0 spiro atoms. The number of carbonyl (C=O) groups excluding carboxylic acids is 1. The minimum Gasteiger partial charge on any atom is -0.295 e. The average Bonchev–Trinajstić information content (AvgIpc) is 2.20. The maximum atomic E-state index is 9.69. The highest BCUT2D eigenvalue weighted by atomic mass is 16.1. The second-order valence-corrected chi connectivity index (χ2v) is 2.27. The van der Waals surface area contributed by atoms with Crippen LogP contribution in [0.1, 0.15) is 12.6 Å². The van der Waals surface area contributed by atoms with Gasteiger partial charge in [0, 0.05) is 6.20 Å². The molecule has 1 heterocycles. The van der Waals surface area contributed by atoms with Crippen LogP contribution >= 0.6 is 0 Å². The fourth-order valence-electron chi connectivity index (χ4n) is 0.497. The monoisotopic (exact) mass is 175 g/mol. The number of hydrogen-bond acceptors (Lipinski definition) is 2. The molecule has 0 N–H and O–H groups in total. The molecular weight excluding hydrogens is 162 g/mol. The third-order valence-corrected chi connectivity index (χ3v) is 1.18. The molecule has 0 unspecified atom stereocenters. The second kappa shape index (κ2) is 6.98. The highest BCUT2D eigenvalue weighted by Gasteiger charge is 1.77. The van der Waals surface area contributed by atoms with E-state index in [1.807, 2.05) is 18.2 Å². The van der Waals surface area contributed by atoms with Crippen molar-refractivity contribution in [2.24, 2.45) is 0 Å². The third kappa shape index (κ3) is 6.69. The quantitative estimate of drug-likeness (QED) is 0.646. The van der Waals surface area contributed by atoms with Gasteiger partial charge in [0.2, 0.25) is 0 Å². The van der Waals surface area contributed by atoms with Gasteiger partial charge in [0.15, 0.2) is 5.78 Å². The minimum absolute atomic E-state index is 0.0185. The number of pyridine rings is 1. The Labute approximate surface area is 78.6 Å². The van der Waals surface area contributed by atoms with Gasteiger partial charge in [0.1, 0.15) is 0 Å². The van der Waals surface area contributed by atoms with Crippen LogP contribution in [0.4, 0.5) is 0 Å². The largest absolute Gasteiger partial charge is 0.295 e. The molecule has 0 aliphatic heterocycles. The van der Waals surface area contributed by atoms with E-state index in [1.165, 1.54) is 13.0 Å². The molecule has 13 heavy (non-hydrogen) atoms. The predicted molar refractivity (Wildman–Crippen MR) is 55.2 cm³/mol. The highest BCUT2D eigenvalue weighted by Crippen LogP contribution is 1.91. The van der Waals surface area contributed by atoms with Crippen molar-refractivity contribution in [3.05, 3.63) is 49.3 Å². The van der Waals surface area contributed by atoms with E-state index >= 15 is 0 Å². The van der Waals surface area contributed by atoms with Crippen LogP contribution in [0.5, 0.6) is 0 Å². The average molecular weight is 175 g/mol. The van der Waals surface area contributed by atoms with E-state index in [9.17, 15) is 4.79 Å². The molecule has 1 aromatic heterocycles. The maximum Gasteiger partial charge on any atom is 0.152 e. The molecule has 0 aromatic carbocycles. The Morgan fingerprint density at radius 3 is 2.31 bits per heavy atom. The van der Waals surface area contributed by atoms with Crippen LogP contribution in [0.3, 0.4) is 0 Å². The van der Waals surface area contributed by atoms with Gasteiger partial charge in [-0.15, -0.1) is 0 Å². The normalized spacial score (nSPS) is 7.77. The molecule has 0 radical (unpaired) electrons. The fraction of sp³-hybridized carbons (Fsp3) is 0.0909. The Hall–Kier alpha value is -1.70. The van der Waals surface area contributed by atoms with Gasteiger partial charge in [-0.3, -0.25) is 9.78 Å². The maximum absolute atomic E-state index is 9.69. The first-order valence-electron chi connectivity index (χ1n) is 3.87. The molecule has 2 nitrogen and oxygen atoms in total. The lowest BCUT2D eigenvalue weighted by atomic mass is 10.4. The van der Waals surface area contributed by atoms with Crippen molar-refractivity contribution in [3.8, 4) is 0 Å². The Bertz CT molecular complexity index is 277. The highest BCUT2D eigenvalue weighted by molar-refractivity contribution is 5.86. The summed E-state index contributed by atoms with van der Waals surface area (Å²) in [5.41, 5.74) is 0.924. The molecule has 0 saturated carbocycles. The van der Waals surface area contributed by atoms with Gasteiger partial charge >= 0.3 is 0 Å². The Morgan fingerprint density at radius 2 is 2.08 bits per heavy atom. The van der Waals surface area contributed by atoms with Crippen molar-refractivity contribution in [1.82, 2.24) is 4.98 Å². The van der Waals surface area contributed by atoms with Gasteiger partial charge in [-0.1, -0.05) is 19.2 Å². The Kier molecular flexibility index (Phi) is 6.06. The molecule has 0 bridgehead atoms. The molecule has 1 rings (SSSR count).